The molecule has 5 nitrogen and oxygen atoms in total. The fraction of sp³-hybridized carbons (Fsp3) is 0.579. The first-order valence-electron chi connectivity index (χ1n) is 9.31. The third-order valence-corrected chi connectivity index (χ3v) is 4.81. The molecule has 0 heterocycles. The van der Waals surface area contributed by atoms with Crippen molar-refractivity contribution in [2.75, 3.05) is 25.0 Å². The second-order valence-electron chi connectivity index (χ2n) is 7.09. The predicted octanol–water partition coefficient (Wildman–Crippen LogP) is 3.53. The molecule has 0 saturated heterocycles. The van der Waals surface area contributed by atoms with Gasteiger partial charge in [-0.1, -0.05) is 19.3 Å². The molecule has 0 bridgehead atoms. The van der Waals surface area contributed by atoms with Gasteiger partial charge in [-0.15, -0.1) is 0 Å². The van der Waals surface area contributed by atoms with E-state index in [1.807, 2.05) is 0 Å². The first-order chi connectivity index (χ1) is 13.2. The Bertz CT molecular complexity index is 701. The van der Waals surface area contributed by atoms with Gasteiger partial charge in [0, 0.05) is 23.4 Å². The van der Waals surface area contributed by atoms with E-state index in [2.05, 4.69) is 10.6 Å². The zero-order valence-corrected chi connectivity index (χ0v) is 15.7. The molecule has 1 aromatic rings. The summed E-state index contributed by atoms with van der Waals surface area (Å²) < 4.78 is 50.7. The summed E-state index contributed by atoms with van der Waals surface area (Å²) in [5.41, 5.74) is 0.106. The van der Waals surface area contributed by atoms with Gasteiger partial charge in [0.2, 0.25) is 5.91 Å². The molecule has 156 valence electrons. The molecule has 1 aliphatic carbocycles. The average molecular weight is 403 g/mol. The van der Waals surface area contributed by atoms with Crippen molar-refractivity contribution in [3.63, 3.8) is 0 Å². The summed E-state index contributed by atoms with van der Waals surface area (Å²) >= 11 is 0. The highest BCUT2D eigenvalue weighted by Crippen LogP contribution is 2.23. The molecule has 0 aliphatic heterocycles. The maximum Gasteiger partial charge on any atom is 0.405 e. The molecule has 0 radical (unpaired) electrons. The van der Waals surface area contributed by atoms with Crippen molar-refractivity contribution in [2.45, 2.75) is 45.2 Å². The minimum Gasteiger partial charge on any atom is -0.376 e. The summed E-state index contributed by atoms with van der Waals surface area (Å²) in [6.45, 7) is 0.414. The van der Waals surface area contributed by atoms with Gasteiger partial charge in [-0.25, -0.2) is 4.39 Å². The molecular weight excluding hydrogens is 378 g/mol. The van der Waals surface area contributed by atoms with E-state index in [4.69, 9.17) is 0 Å². The van der Waals surface area contributed by atoms with E-state index in [-0.39, 0.29) is 29.3 Å². The zero-order valence-electron chi connectivity index (χ0n) is 15.7. The Labute approximate surface area is 161 Å². The molecule has 0 unspecified atom stereocenters. The van der Waals surface area contributed by atoms with E-state index in [1.165, 1.54) is 32.3 Å². The first kappa shape index (κ1) is 22.0. The Kier molecular flexibility index (Phi) is 7.65. The lowest BCUT2D eigenvalue weighted by atomic mass is 9.89. The molecule has 28 heavy (non-hydrogen) atoms. The van der Waals surface area contributed by atoms with Crippen LogP contribution in [0.5, 0.6) is 0 Å². The fourth-order valence-corrected chi connectivity index (χ4v) is 3.16. The lowest BCUT2D eigenvalue weighted by Crippen LogP contribution is -2.35. The highest BCUT2D eigenvalue weighted by atomic mass is 19.4. The highest BCUT2D eigenvalue weighted by Gasteiger charge is 2.28. The van der Waals surface area contributed by atoms with Crippen LogP contribution >= 0.6 is 0 Å². The molecular formula is C19H25F4N3O2. The van der Waals surface area contributed by atoms with Gasteiger partial charge in [-0.2, -0.15) is 13.2 Å². The quantitative estimate of drug-likeness (QED) is 0.610. The van der Waals surface area contributed by atoms with Crippen molar-refractivity contribution >= 4 is 17.5 Å². The number of carbonyl (C=O) groups excluding carboxylic acids is 2. The van der Waals surface area contributed by atoms with Crippen LogP contribution in [0.25, 0.3) is 0 Å². The number of amides is 2. The predicted molar refractivity (Wildman–Crippen MR) is 97.6 cm³/mol. The molecule has 1 saturated carbocycles. The maximum atomic E-state index is 14.0. The van der Waals surface area contributed by atoms with E-state index < -0.39 is 24.4 Å². The standard InChI is InChI=1S/C19H25F4N3O2/c1-12-15(20)7-14(18(28)26-11-19(21,22)23)8-16(12)24-10-17(27)25-9-13-5-3-2-4-6-13/h7-8,13,24H,2-6,9-11H2,1H3,(H,25,27)(H,26,28). The van der Waals surface area contributed by atoms with Crippen LogP contribution in [0.15, 0.2) is 12.1 Å². The summed E-state index contributed by atoms with van der Waals surface area (Å²) in [6, 6.07) is 2.11. The van der Waals surface area contributed by atoms with Gasteiger partial charge in [0.25, 0.3) is 5.91 Å². The normalized spacial score (nSPS) is 15.2. The van der Waals surface area contributed by atoms with Gasteiger partial charge in [0.05, 0.1) is 6.54 Å². The van der Waals surface area contributed by atoms with E-state index in [0.717, 1.165) is 18.9 Å². The van der Waals surface area contributed by atoms with E-state index in [0.29, 0.717) is 12.5 Å². The monoisotopic (exact) mass is 403 g/mol. The summed E-state index contributed by atoms with van der Waals surface area (Å²) in [4.78, 5) is 23.9. The summed E-state index contributed by atoms with van der Waals surface area (Å²) in [5, 5.41) is 7.28. The SMILES string of the molecule is Cc1c(F)cc(C(=O)NCC(F)(F)F)cc1NCC(=O)NCC1CCCCC1. The van der Waals surface area contributed by atoms with Crippen LogP contribution < -0.4 is 16.0 Å². The van der Waals surface area contributed by atoms with Gasteiger partial charge in [-0.05, 0) is 37.8 Å². The molecule has 3 N–H and O–H groups in total. The Morgan fingerprint density at radius 1 is 1.11 bits per heavy atom. The Balaban J connectivity index is 1.91. The third kappa shape index (κ3) is 7.01. The van der Waals surface area contributed by atoms with Crippen molar-refractivity contribution in [1.82, 2.24) is 10.6 Å². The summed E-state index contributed by atoms with van der Waals surface area (Å²) in [7, 11) is 0. The number of nitrogens with one attached hydrogen (secondary N) is 3. The molecule has 9 heteroatoms. The number of rotatable bonds is 7. The number of hydrogen-bond donors (Lipinski definition) is 3. The Morgan fingerprint density at radius 3 is 2.43 bits per heavy atom. The van der Waals surface area contributed by atoms with Crippen LogP contribution in [0.4, 0.5) is 23.2 Å². The highest BCUT2D eigenvalue weighted by molar-refractivity contribution is 5.95. The van der Waals surface area contributed by atoms with Crippen molar-refractivity contribution < 1.29 is 27.2 Å². The molecule has 0 atom stereocenters. The summed E-state index contributed by atoms with van der Waals surface area (Å²) in [5.74, 6) is -1.58. The minimum absolute atomic E-state index is 0.124. The molecule has 0 aromatic heterocycles. The van der Waals surface area contributed by atoms with Crippen molar-refractivity contribution in [1.29, 1.82) is 0 Å². The molecule has 0 spiro atoms. The molecule has 1 aromatic carbocycles. The smallest absolute Gasteiger partial charge is 0.376 e. The molecule has 1 aliphatic rings. The molecule has 1 fully saturated rings. The van der Waals surface area contributed by atoms with Crippen LogP contribution in [0.1, 0.15) is 48.0 Å². The molecule has 2 rings (SSSR count). The van der Waals surface area contributed by atoms with Crippen LogP contribution in [0.3, 0.4) is 0 Å². The van der Waals surface area contributed by atoms with Crippen LogP contribution in [-0.2, 0) is 4.79 Å². The molecule has 2 amide bonds. The minimum atomic E-state index is -4.56. The maximum absolute atomic E-state index is 14.0. The largest absolute Gasteiger partial charge is 0.405 e. The number of alkyl halides is 3. The number of anilines is 1. The van der Waals surface area contributed by atoms with Gasteiger partial charge in [-0.3, -0.25) is 9.59 Å². The van der Waals surface area contributed by atoms with Gasteiger partial charge in [0.1, 0.15) is 12.4 Å². The van der Waals surface area contributed by atoms with E-state index in [1.54, 1.807) is 5.32 Å². The third-order valence-electron chi connectivity index (χ3n) is 4.81. The number of benzene rings is 1. The first-order valence-corrected chi connectivity index (χ1v) is 9.31. The Hall–Kier alpha value is -2.32. The lowest BCUT2D eigenvalue weighted by Gasteiger charge is -2.21. The lowest BCUT2D eigenvalue weighted by molar-refractivity contribution is -0.123. The number of hydrogen-bond acceptors (Lipinski definition) is 3. The fourth-order valence-electron chi connectivity index (χ4n) is 3.16. The van der Waals surface area contributed by atoms with Crippen LogP contribution in [-0.4, -0.2) is 37.6 Å². The second kappa shape index (κ2) is 9.75. The topological polar surface area (TPSA) is 70.2 Å². The number of halogens is 4. The second-order valence-corrected chi connectivity index (χ2v) is 7.09. The van der Waals surface area contributed by atoms with Gasteiger partial charge >= 0.3 is 6.18 Å². The van der Waals surface area contributed by atoms with Gasteiger partial charge < -0.3 is 16.0 Å². The van der Waals surface area contributed by atoms with Crippen LogP contribution in [0.2, 0.25) is 0 Å². The van der Waals surface area contributed by atoms with Crippen molar-refractivity contribution in [3.05, 3.63) is 29.1 Å². The summed E-state index contributed by atoms with van der Waals surface area (Å²) in [6.07, 6.45) is 1.18. The van der Waals surface area contributed by atoms with Crippen molar-refractivity contribution in [3.8, 4) is 0 Å². The number of carbonyl (C=O) groups is 2. The van der Waals surface area contributed by atoms with E-state index >= 15 is 0 Å². The van der Waals surface area contributed by atoms with Crippen molar-refractivity contribution in [2.24, 2.45) is 5.92 Å². The van der Waals surface area contributed by atoms with E-state index in [9.17, 15) is 27.2 Å². The zero-order chi connectivity index (χ0) is 20.7. The Morgan fingerprint density at radius 2 is 1.79 bits per heavy atom. The van der Waals surface area contributed by atoms with Crippen LogP contribution in [0, 0.1) is 18.7 Å². The van der Waals surface area contributed by atoms with Gasteiger partial charge in [0.15, 0.2) is 0 Å². The average Bonchev–Trinajstić information content (AvgIpc) is 2.65.